The van der Waals surface area contributed by atoms with Crippen molar-refractivity contribution in [1.82, 2.24) is 4.57 Å². The molecule has 2 heterocycles. The molecule has 3 aromatic rings. The van der Waals surface area contributed by atoms with Crippen LogP contribution in [0.2, 0.25) is 0 Å². The summed E-state index contributed by atoms with van der Waals surface area (Å²) in [6, 6.07) is 11.9. The number of allylic oxidation sites excluding steroid dienone is 1. The Balaban J connectivity index is 1.94. The minimum Gasteiger partial charge on any atom is -0.497 e. The van der Waals surface area contributed by atoms with Gasteiger partial charge in [0.1, 0.15) is 12.4 Å². The van der Waals surface area contributed by atoms with Crippen LogP contribution >= 0.6 is 11.3 Å². The lowest BCUT2D eigenvalue weighted by Gasteiger charge is -2.24. The van der Waals surface area contributed by atoms with Crippen LogP contribution in [0.25, 0.3) is 6.08 Å². The number of esters is 1. The predicted octanol–water partition coefficient (Wildman–Crippen LogP) is 2.99. The molecule has 1 aliphatic heterocycles. The molecule has 186 valence electrons. The zero-order chi connectivity index (χ0) is 25.8. The molecule has 4 rings (SSSR count). The van der Waals surface area contributed by atoms with Crippen LogP contribution in [0.5, 0.6) is 17.2 Å². The molecule has 1 aromatic heterocycles. The van der Waals surface area contributed by atoms with E-state index in [0.717, 1.165) is 5.56 Å². The molecule has 0 radical (unpaired) electrons. The van der Waals surface area contributed by atoms with Crippen molar-refractivity contribution in [3.8, 4) is 17.2 Å². The first kappa shape index (κ1) is 25.0. The molecule has 0 saturated heterocycles. The summed E-state index contributed by atoms with van der Waals surface area (Å²) in [4.78, 5) is 31.9. The summed E-state index contributed by atoms with van der Waals surface area (Å²) in [5, 5.41) is 0. The lowest BCUT2D eigenvalue weighted by atomic mass is 9.96. The van der Waals surface area contributed by atoms with E-state index in [0.29, 0.717) is 43.4 Å². The molecule has 0 spiro atoms. The SMILES string of the molecule is C=CCOC(=O)C1=C(C)N=c2s/c(=C\c3cccc(OC)c3OC)c(=O)n2[C@H]1c1ccc(OC)cc1. The van der Waals surface area contributed by atoms with E-state index in [-0.39, 0.29) is 12.2 Å². The van der Waals surface area contributed by atoms with E-state index in [2.05, 4.69) is 11.6 Å². The largest absolute Gasteiger partial charge is 0.497 e. The fourth-order valence-electron chi connectivity index (χ4n) is 4.06. The van der Waals surface area contributed by atoms with Crippen molar-refractivity contribution in [2.24, 2.45) is 4.99 Å². The van der Waals surface area contributed by atoms with Crippen LogP contribution < -0.4 is 29.1 Å². The van der Waals surface area contributed by atoms with Crippen LogP contribution in [0.3, 0.4) is 0 Å². The maximum atomic E-state index is 13.8. The molecule has 0 unspecified atom stereocenters. The third kappa shape index (κ3) is 4.57. The van der Waals surface area contributed by atoms with Crippen LogP contribution in [-0.2, 0) is 9.53 Å². The van der Waals surface area contributed by atoms with Gasteiger partial charge in [0.05, 0.1) is 43.2 Å². The van der Waals surface area contributed by atoms with Crippen molar-refractivity contribution < 1.29 is 23.7 Å². The van der Waals surface area contributed by atoms with Gasteiger partial charge in [-0.1, -0.05) is 48.3 Å². The van der Waals surface area contributed by atoms with Gasteiger partial charge in [0.25, 0.3) is 5.56 Å². The van der Waals surface area contributed by atoms with Crippen LogP contribution in [0.1, 0.15) is 24.1 Å². The number of hydrogen-bond acceptors (Lipinski definition) is 8. The summed E-state index contributed by atoms with van der Waals surface area (Å²) >= 11 is 1.24. The summed E-state index contributed by atoms with van der Waals surface area (Å²) in [5.74, 6) is 1.18. The number of thiazole rings is 1. The fraction of sp³-hybridized carbons (Fsp3) is 0.222. The van der Waals surface area contributed by atoms with Gasteiger partial charge < -0.3 is 18.9 Å². The summed E-state index contributed by atoms with van der Waals surface area (Å²) in [6.07, 6.45) is 3.23. The predicted molar refractivity (Wildman–Crippen MR) is 137 cm³/mol. The quantitative estimate of drug-likeness (QED) is 0.345. The van der Waals surface area contributed by atoms with Crippen molar-refractivity contribution in [3.63, 3.8) is 0 Å². The number of para-hydroxylation sites is 1. The summed E-state index contributed by atoms with van der Waals surface area (Å²) < 4.78 is 23.5. The molecule has 0 saturated carbocycles. The number of aromatic nitrogens is 1. The smallest absolute Gasteiger partial charge is 0.338 e. The molecule has 9 heteroatoms. The number of ether oxygens (including phenoxy) is 4. The van der Waals surface area contributed by atoms with E-state index in [1.165, 1.54) is 22.0 Å². The highest BCUT2D eigenvalue weighted by Crippen LogP contribution is 2.33. The third-order valence-corrected chi connectivity index (χ3v) is 6.71. The molecule has 0 fully saturated rings. The first-order valence-corrected chi connectivity index (χ1v) is 11.9. The first-order chi connectivity index (χ1) is 17.4. The van der Waals surface area contributed by atoms with Gasteiger partial charge in [0.2, 0.25) is 0 Å². The van der Waals surface area contributed by atoms with E-state index in [1.807, 2.05) is 24.3 Å². The second kappa shape index (κ2) is 10.7. The first-order valence-electron chi connectivity index (χ1n) is 11.1. The van der Waals surface area contributed by atoms with Gasteiger partial charge in [-0.25, -0.2) is 9.79 Å². The molecule has 36 heavy (non-hydrogen) atoms. The Kier molecular flexibility index (Phi) is 7.40. The van der Waals surface area contributed by atoms with Gasteiger partial charge in [-0.3, -0.25) is 9.36 Å². The van der Waals surface area contributed by atoms with Crippen molar-refractivity contribution in [1.29, 1.82) is 0 Å². The van der Waals surface area contributed by atoms with Gasteiger partial charge in [-0.2, -0.15) is 0 Å². The van der Waals surface area contributed by atoms with Gasteiger partial charge in [0.15, 0.2) is 16.3 Å². The molecular weight excluding hydrogens is 480 g/mol. The second-order valence-corrected chi connectivity index (χ2v) is 8.83. The maximum absolute atomic E-state index is 13.8. The molecule has 0 N–H and O–H groups in total. The maximum Gasteiger partial charge on any atom is 0.338 e. The Labute approximate surface area is 212 Å². The fourth-order valence-corrected chi connectivity index (χ4v) is 5.10. The van der Waals surface area contributed by atoms with Crippen molar-refractivity contribution in [2.45, 2.75) is 13.0 Å². The van der Waals surface area contributed by atoms with Crippen molar-refractivity contribution in [2.75, 3.05) is 27.9 Å². The number of carbonyl (C=O) groups excluding carboxylic acids is 1. The molecule has 0 amide bonds. The van der Waals surface area contributed by atoms with Crippen molar-refractivity contribution in [3.05, 3.63) is 97.2 Å². The number of fused-ring (bicyclic) bond motifs is 1. The van der Waals surface area contributed by atoms with Crippen LogP contribution in [0.15, 0.2) is 76.2 Å². The van der Waals surface area contributed by atoms with Crippen LogP contribution in [-0.4, -0.2) is 38.5 Å². The molecule has 2 aromatic carbocycles. The normalized spacial score (nSPS) is 15.1. The molecule has 8 nitrogen and oxygen atoms in total. The highest BCUT2D eigenvalue weighted by molar-refractivity contribution is 7.07. The van der Waals surface area contributed by atoms with Gasteiger partial charge in [-0.05, 0) is 36.8 Å². The number of nitrogens with zero attached hydrogens (tertiary/aromatic N) is 2. The average Bonchev–Trinajstić information content (AvgIpc) is 3.20. The Morgan fingerprint density at radius 2 is 1.86 bits per heavy atom. The lowest BCUT2D eigenvalue weighted by molar-refractivity contribution is -0.138. The van der Waals surface area contributed by atoms with E-state index in [1.54, 1.807) is 52.5 Å². The lowest BCUT2D eigenvalue weighted by Crippen LogP contribution is -2.39. The topological polar surface area (TPSA) is 88.4 Å². The summed E-state index contributed by atoms with van der Waals surface area (Å²) in [6.45, 7) is 5.39. The van der Waals surface area contributed by atoms with Gasteiger partial charge in [-0.15, -0.1) is 0 Å². The second-order valence-electron chi connectivity index (χ2n) is 7.82. The third-order valence-electron chi connectivity index (χ3n) is 5.73. The number of methoxy groups -OCH3 is 3. The van der Waals surface area contributed by atoms with Crippen LogP contribution in [0, 0.1) is 0 Å². The molecule has 0 bridgehead atoms. The Morgan fingerprint density at radius 3 is 2.50 bits per heavy atom. The van der Waals surface area contributed by atoms with E-state index in [9.17, 15) is 9.59 Å². The number of hydrogen-bond donors (Lipinski definition) is 0. The van der Waals surface area contributed by atoms with Crippen LogP contribution in [0.4, 0.5) is 0 Å². The monoisotopic (exact) mass is 506 g/mol. The Bertz CT molecular complexity index is 1520. The molecular formula is C27H26N2O6S. The zero-order valence-electron chi connectivity index (χ0n) is 20.4. The summed E-state index contributed by atoms with van der Waals surface area (Å²) in [7, 11) is 4.68. The highest BCUT2D eigenvalue weighted by Gasteiger charge is 2.33. The molecule has 0 aliphatic carbocycles. The van der Waals surface area contributed by atoms with E-state index < -0.39 is 12.0 Å². The van der Waals surface area contributed by atoms with E-state index in [4.69, 9.17) is 18.9 Å². The highest BCUT2D eigenvalue weighted by atomic mass is 32.1. The minimum atomic E-state index is -0.723. The molecule has 1 aliphatic rings. The zero-order valence-corrected chi connectivity index (χ0v) is 21.3. The average molecular weight is 507 g/mol. The summed E-state index contributed by atoms with van der Waals surface area (Å²) in [5.41, 5.74) is 1.90. The number of benzene rings is 2. The van der Waals surface area contributed by atoms with E-state index >= 15 is 0 Å². The Morgan fingerprint density at radius 1 is 1.11 bits per heavy atom. The number of carbonyl (C=O) groups is 1. The molecule has 1 atom stereocenters. The van der Waals surface area contributed by atoms with Gasteiger partial charge in [0, 0.05) is 5.56 Å². The van der Waals surface area contributed by atoms with Gasteiger partial charge >= 0.3 is 5.97 Å². The standard InChI is InChI=1S/C27H26N2O6S/c1-6-14-35-26(31)22-16(2)28-27-29(23(22)17-10-12-19(32-3)13-11-17)25(30)21(36-27)15-18-8-7-9-20(33-4)24(18)34-5/h6-13,15,23H,1,14H2,2-5H3/b21-15-/t23-/m0/s1. The van der Waals surface area contributed by atoms with Crippen molar-refractivity contribution >= 4 is 23.4 Å². The number of rotatable bonds is 8. The Hall–Kier alpha value is -4.11. The minimum absolute atomic E-state index is 0.0466.